The summed E-state index contributed by atoms with van der Waals surface area (Å²) in [4.78, 5) is 11.0. The van der Waals surface area contributed by atoms with Crippen molar-refractivity contribution < 1.29 is 4.79 Å². The van der Waals surface area contributed by atoms with E-state index in [9.17, 15) is 4.79 Å². The molecule has 2 heterocycles. The van der Waals surface area contributed by atoms with Crippen molar-refractivity contribution in [3.8, 4) is 0 Å². The number of carbonyl (C=O) groups excluding carboxylic acids is 1. The third-order valence-electron chi connectivity index (χ3n) is 2.26. The number of rotatable bonds is 2. The quantitative estimate of drug-likeness (QED) is 0.710. The molecule has 0 aliphatic carbocycles. The van der Waals surface area contributed by atoms with Crippen LogP contribution in [0.2, 0.25) is 0 Å². The van der Waals surface area contributed by atoms with Gasteiger partial charge in [-0.05, 0) is 30.7 Å². The zero-order chi connectivity index (χ0) is 10.1. The van der Waals surface area contributed by atoms with E-state index in [0.717, 1.165) is 11.1 Å². The second-order valence-electron chi connectivity index (χ2n) is 3.16. The van der Waals surface area contributed by atoms with E-state index in [1.54, 1.807) is 17.6 Å². The van der Waals surface area contributed by atoms with Gasteiger partial charge < -0.3 is 0 Å². The summed E-state index contributed by atoms with van der Waals surface area (Å²) in [6, 6.07) is 5.71. The van der Waals surface area contributed by atoms with Crippen LogP contribution in [0, 0.1) is 0 Å². The Balaban J connectivity index is 2.58. The fraction of sp³-hybridized carbons (Fsp3) is 0.200. The number of hydrogen-bond acceptors (Lipinski definition) is 2. The van der Waals surface area contributed by atoms with Crippen LogP contribution in [0.15, 0.2) is 30.6 Å². The monoisotopic (exact) mass is 208 g/mol. The largest absolute Gasteiger partial charge is 0.281 e. The highest BCUT2D eigenvalue weighted by atomic mass is 35.5. The van der Waals surface area contributed by atoms with E-state index in [4.69, 9.17) is 11.6 Å². The maximum Gasteiger partial charge on any atom is 0.228 e. The van der Waals surface area contributed by atoms with E-state index in [-0.39, 0.29) is 11.2 Å². The van der Waals surface area contributed by atoms with Crippen molar-refractivity contribution in [3.63, 3.8) is 0 Å². The summed E-state index contributed by atoms with van der Waals surface area (Å²) >= 11 is 5.44. The molecule has 1 atom stereocenters. The molecule has 0 radical (unpaired) electrons. The maximum absolute atomic E-state index is 11.0. The standard InChI is InChI=1S/C10H9ClN2O/c1-7(10(11)14)8-6-12-13-5-3-2-4-9(8)13/h2-7H,1H3. The minimum absolute atomic E-state index is 0.309. The Morgan fingerprint density at radius 1 is 1.57 bits per heavy atom. The first kappa shape index (κ1) is 9.21. The predicted molar refractivity (Wildman–Crippen MR) is 54.5 cm³/mol. The lowest BCUT2D eigenvalue weighted by Crippen LogP contribution is -2.00. The number of nitrogens with zero attached hydrogens (tertiary/aromatic N) is 2. The number of carbonyl (C=O) groups is 1. The molecule has 72 valence electrons. The predicted octanol–water partition coefficient (Wildman–Crippen LogP) is 2.20. The van der Waals surface area contributed by atoms with E-state index in [1.165, 1.54) is 0 Å². The van der Waals surface area contributed by atoms with Crippen molar-refractivity contribution in [2.45, 2.75) is 12.8 Å². The smallest absolute Gasteiger partial charge is 0.228 e. The summed E-state index contributed by atoms with van der Waals surface area (Å²) in [7, 11) is 0. The third-order valence-corrected chi connectivity index (χ3v) is 2.59. The Bertz CT molecular complexity index is 478. The molecule has 0 saturated heterocycles. The van der Waals surface area contributed by atoms with Crippen LogP contribution in [0.25, 0.3) is 5.52 Å². The maximum atomic E-state index is 11.0. The van der Waals surface area contributed by atoms with Gasteiger partial charge in [0.05, 0.1) is 17.6 Å². The Morgan fingerprint density at radius 3 is 3.07 bits per heavy atom. The fourth-order valence-corrected chi connectivity index (χ4v) is 1.53. The molecule has 0 saturated carbocycles. The lowest BCUT2D eigenvalue weighted by molar-refractivity contribution is -0.112. The molecular weight excluding hydrogens is 200 g/mol. The minimum Gasteiger partial charge on any atom is -0.281 e. The van der Waals surface area contributed by atoms with Gasteiger partial charge in [0.25, 0.3) is 0 Å². The summed E-state index contributed by atoms with van der Waals surface area (Å²) in [5, 5.41) is 3.77. The average Bonchev–Trinajstić information content (AvgIpc) is 2.60. The summed E-state index contributed by atoms with van der Waals surface area (Å²) in [6.07, 6.45) is 3.52. The molecule has 0 N–H and O–H groups in total. The normalized spacial score (nSPS) is 13.0. The molecule has 0 spiro atoms. The van der Waals surface area contributed by atoms with Gasteiger partial charge >= 0.3 is 0 Å². The second-order valence-corrected chi connectivity index (χ2v) is 3.53. The molecule has 0 fully saturated rings. The highest BCUT2D eigenvalue weighted by Gasteiger charge is 2.16. The molecule has 14 heavy (non-hydrogen) atoms. The highest BCUT2D eigenvalue weighted by molar-refractivity contribution is 6.64. The second kappa shape index (κ2) is 3.42. The number of halogens is 1. The molecule has 0 amide bonds. The first-order valence-electron chi connectivity index (χ1n) is 4.32. The van der Waals surface area contributed by atoms with Crippen LogP contribution in [-0.2, 0) is 4.79 Å². The zero-order valence-corrected chi connectivity index (χ0v) is 8.40. The number of hydrogen-bond donors (Lipinski definition) is 0. The van der Waals surface area contributed by atoms with Crippen LogP contribution >= 0.6 is 11.6 Å². The lowest BCUT2D eigenvalue weighted by Gasteiger charge is -2.02. The molecule has 3 nitrogen and oxygen atoms in total. The fourth-order valence-electron chi connectivity index (χ4n) is 1.41. The van der Waals surface area contributed by atoms with Crippen LogP contribution in [0.4, 0.5) is 0 Å². The lowest BCUT2D eigenvalue weighted by atomic mass is 10.1. The van der Waals surface area contributed by atoms with Gasteiger partial charge in [-0.2, -0.15) is 5.10 Å². The van der Waals surface area contributed by atoms with Crippen molar-refractivity contribution in [3.05, 3.63) is 36.2 Å². The van der Waals surface area contributed by atoms with Crippen LogP contribution in [0.3, 0.4) is 0 Å². The first-order valence-corrected chi connectivity index (χ1v) is 4.69. The van der Waals surface area contributed by atoms with Gasteiger partial charge in [0, 0.05) is 11.8 Å². The van der Waals surface area contributed by atoms with Gasteiger partial charge in [0.2, 0.25) is 5.24 Å². The van der Waals surface area contributed by atoms with Crippen molar-refractivity contribution in [2.24, 2.45) is 0 Å². The molecule has 4 heteroatoms. The number of fused-ring (bicyclic) bond motifs is 1. The highest BCUT2D eigenvalue weighted by Crippen LogP contribution is 2.22. The average molecular weight is 209 g/mol. The van der Waals surface area contributed by atoms with Crippen molar-refractivity contribution >= 4 is 22.4 Å². The Hall–Kier alpha value is -1.35. The third kappa shape index (κ3) is 1.40. The van der Waals surface area contributed by atoms with Crippen LogP contribution in [0.5, 0.6) is 0 Å². The zero-order valence-electron chi connectivity index (χ0n) is 7.64. The Morgan fingerprint density at radius 2 is 2.36 bits per heavy atom. The van der Waals surface area contributed by atoms with Crippen molar-refractivity contribution in [1.82, 2.24) is 9.61 Å². The van der Waals surface area contributed by atoms with Gasteiger partial charge in [-0.3, -0.25) is 4.79 Å². The summed E-state index contributed by atoms with van der Waals surface area (Å²) in [5.41, 5.74) is 1.79. The number of aromatic nitrogens is 2. The molecule has 1 unspecified atom stereocenters. The van der Waals surface area contributed by atoms with Crippen LogP contribution in [0.1, 0.15) is 18.4 Å². The molecule has 0 aliphatic rings. The first-order chi connectivity index (χ1) is 6.70. The van der Waals surface area contributed by atoms with E-state index in [2.05, 4.69) is 5.10 Å². The van der Waals surface area contributed by atoms with E-state index >= 15 is 0 Å². The van der Waals surface area contributed by atoms with Crippen molar-refractivity contribution in [1.29, 1.82) is 0 Å². The molecular formula is C10H9ClN2O. The summed E-state index contributed by atoms with van der Waals surface area (Å²) in [5.74, 6) is -0.309. The van der Waals surface area contributed by atoms with Gasteiger partial charge in [0.15, 0.2) is 0 Å². The molecule has 2 aromatic heterocycles. The minimum atomic E-state index is -0.358. The summed E-state index contributed by atoms with van der Waals surface area (Å²) in [6.45, 7) is 1.78. The Labute approximate surface area is 86.3 Å². The van der Waals surface area contributed by atoms with E-state index < -0.39 is 0 Å². The summed E-state index contributed by atoms with van der Waals surface area (Å²) < 4.78 is 1.73. The molecule has 0 bridgehead atoms. The molecule has 2 rings (SSSR count). The number of pyridine rings is 1. The van der Waals surface area contributed by atoms with E-state index in [0.29, 0.717) is 0 Å². The van der Waals surface area contributed by atoms with Gasteiger partial charge in [0.1, 0.15) is 0 Å². The van der Waals surface area contributed by atoms with Gasteiger partial charge in [-0.1, -0.05) is 6.07 Å². The van der Waals surface area contributed by atoms with E-state index in [1.807, 2.05) is 24.4 Å². The van der Waals surface area contributed by atoms with Crippen LogP contribution in [-0.4, -0.2) is 14.9 Å². The van der Waals surface area contributed by atoms with Gasteiger partial charge in [-0.15, -0.1) is 0 Å². The molecule has 2 aromatic rings. The molecule has 0 aliphatic heterocycles. The SMILES string of the molecule is CC(C(=O)Cl)c1cnn2ccccc12. The van der Waals surface area contributed by atoms with Crippen molar-refractivity contribution in [2.75, 3.05) is 0 Å². The van der Waals surface area contributed by atoms with Gasteiger partial charge in [-0.25, -0.2) is 4.52 Å². The molecule has 0 aromatic carbocycles. The van der Waals surface area contributed by atoms with Crippen LogP contribution < -0.4 is 0 Å². The Kier molecular flexibility index (Phi) is 2.25. The topological polar surface area (TPSA) is 34.4 Å².